The summed E-state index contributed by atoms with van der Waals surface area (Å²) in [7, 11) is 0. The summed E-state index contributed by atoms with van der Waals surface area (Å²) < 4.78 is 116. The van der Waals surface area contributed by atoms with Gasteiger partial charge in [-0.1, -0.05) is 48.2 Å². The summed E-state index contributed by atoms with van der Waals surface area (Å²) in [6.07, 6.45) is -27.0. The van der Waals surface area contributed by atoms with Gasteiger partial charge in [0.1, 0.15) is 50.8 Å². The van der Waals surface area contributed by atoms with Crippen molar-refractivity contribution in [3.8, 4) is 23.0 Å². The molecule has 0 amide bonds. The molecule has 660 valence electrons. The standard InChI is InChI=1S/2C38H44N4O18S/c1-16(43)51-14-27-29(53-18(3)45)31(55-20(5)47)33(57-22(7)49)36(59-27)42-35(26-13-24-11-9-10-12-25(24)39-26)40-38(41-42)61-37-34(58-23(8)50)32(56-21(6)48)30(54-19(4)46)28(60-37)15-52-17(2)44;1-16(43)51-14-27-29(53-18(3)45)31(55-20(5)47)33(57-22(7)49)36(59-27)42-38(40-35(41-42)26-13-24-11-9-10-12-25(24)39-26)61-37-34(58-23(8)50)32(56-21(6)48)30(54-19(4)46)28(60-37)15-52-17(2)44/h2*9-13,27-34,36-37,39H,14-15H2,1-8H3/t2*27-,28-,29-,30-,31+,32+,33-,34-,36-,37+/m11/s1. The number of H-pyrrole nitrogens is 2. The van der Waals surface area contributed by atoms with E-state index in [-0.39, 0.29) is 22.0 Å². The number of rotatable bonds is 28. The molecule has 44 nitrogen and oxygen atoms in total. The van der Waals surface area contributed by atoms with Gasteiger partial charge in [0.25, 0.3) is 0 Å². The summed E-state index contributed by atoms with van der Waals surface area (Å²) in [5.74, 6) is -13.1. The van der Waals surface area contributed by atoms with Crippen LogP contribution in [-0.4, -0.2) is 270 Å². The minimum atomic E-state index is -1.65. The summed E-state index contributed by atoms with van der Waals surface area (Å²) in [6.45, 7) is 15.4. The summed E-state index contributed by atoms with van der Waals surface area (Å²) in [6, 6.07) is 17.9. The lowest BCUT2D eigenvalue weighted by atomic mass is 9.97. The molecule has 122 heavy (non-hydrogen) atoms. The number of thioether (sulfide) groups is 2. The van der Waals surface area contributed by atoms with E-state index in [1.807, 2.05) is 24.3 Å². The van der Waals surface area contributed by atoms with Gasteiger partial charge in [-0.3, -0.25) is 76.7 Å². The predicted octanol–water partition coefficient (Wildman–Crippen LogP) is 3.71. The second-order valence-electron chi connectivity index (χ2n) is 27.4. The van der Waals surface area contributed by atoms with Crippen LogP contribution in [0, 0.1) is 0 Å². The topological polar surface area (TPSA) is 551 Å². The Bertz CT molecular complexity index is 4840. The lowest BCUT2D eigenvalue weighted by Gasteiger charge is -2.45. The van der Waals surface area contributed by atoms with Gasteiger partial charge in [0.15, 0.2) is 113 Å². The van der Waals surface area contributed by atoms with E-state index in [0.717, 1.165) is 150 Å². The van der Waals surface area contributed by atoms with Crippen molar-refractivity contribution in [2.45, 2.75) is 242 Å². The number of hydrogen-bond donors (Lipinski definition) is 2. The van der Waals surface area contributed by atoms with E-state index in [1.165, 1.54) is 4.68 Å². The molecule has 2 aromatic carbocycles. The summed E-state index contributed by atoms with van der Waals surface area (Å²) >= 11 is 1.46. The van der Waals surface area contributed by atoms with Crippen molar-refractivity contribution < 1.29 is 171 Å². The highest BCUT2D eigenvalue weighted by atomic mass is 32.2. The fraction of sp³-hybridized carbons (Fsp3) is 0.526. The number of hydrogen-bond acceptors (Lipinski definition) is 42. The molecule has 4 aromatic heterocycles. The maximum Gasteiger partial charge on any atom is 0.303 e. The van der Waals surface area contributed by atoms with Crippen LogP contribution in [0.2, 0.25) is 0 Å². The van der Waals surface area contributed by atoms with E-state index in [2.05, 4.69) is 9.97 Å². The molecule has 8 heterocycles. The molecule has 0 radical (unpaired) electrons. The van der Waals surface area contributed by atoms with E-state index in [1.54, 1.807) is 36.4 Å². The Morgan fingerprint density at radius 1 is 0.320 bits per heavy atom. The number of aromatic nitrogens is 8. The van der Waals surface area contributed by atoms with Crippen molar-refractivity contribution in [1.82, 2.24) is 39.5 Å². The summed E-state index contributed by atoms with van der Waals surface area (Å²) in [5.41, 5.74) is -0.742. The van der Waals surface area contributed by atoms with E-state index < -0.39 is 243 Å². The van der Waals surface area contributed by atoms with Crippen LogP contribution in [0.15, 0.2) is 71.0 Å². The number of nitrogens with one attached hydrogen (secondary N) is 2. The number of esters is 16. The Morgan fingerprint density at radius 3 is 0.951 bits per heavy atom. The lowest BCUT2D eigenvalue weighted by Crippen LogP contribution is -2.61. The van der Waals surface area contributed by atoms with Crippen LogP contribution < -0.4 is 0 Å². The van der Waals surface area contributed by atoms with Crippen LogP contribution in [0.5, 0.6) is 0 Å². The van der Waals surface area contributed by atoms with Gasteiger partial charge in [-0.25, -0.2) is 9.36 Å². The van der Waals surface area contributed by atoms with Gasteiger partial charge in [0.2, 0.25) is 5.16 Å². The average molecular weight is 1750 g/mol. The molecule has 10 rings (SSSR count). The first-order chi connectivity index (χ1) is 57.6. The third-order valence-corrected chi connectivity index (χ3v) is 19.6. The number of nitrogens with zero attached hydrogens (tertiary/aromatic N) is 6. The van der Waals surface area contributed by atoms with Crippen molar-refractivity contribution in [3.05, 3.63) is 60.7 Å². The number of aromatic amines is 2. The van der Waals surface area contributed by atoms with Gasteiger partial charge in [-0.05, 0) is 36.0 Å². The van der Waals surface area contributed by atoms with E-state index in [9.17, 15) is 76.7 Å². The van der Waals surface area contributed by atoms with Crippen LogP contribution in [0.25, 0.3) is 44.8 Å². The second-order valence-corrected chi connectivity index (χ2v) is 29.5. The fourth-order valence-corrected chi connectivity index (χ4v) is 15.5. The SMILES string of the molecule is CC(=O)OC[C@H]1O[C@@H](n2nc(-c3cc4ccccc4[nH]3)nc2S[C@@H]2O[C@H](COC(C)=O)[C@@H](OC(C)=O)[C@H](OC(C)=O)[C@H]2OC(C)=O)[C@H](OC(C)=O)[C@@H](OC(C)=O)[C@@H]1OC(C)=O.CC(=O)OC[C@H]1O[C@@H](n2nc(S[C@@H]3O[C@H](COC(C)=O)[C@@H](OC(C)=O)[C@H](OC(C)=O)[C@H]3OC(C)=O)nc2-c2cc3ccccc3[nH]2)[C@H](OC(C)=O)[C@@H](OC(C)=O)[C@@H]1OC(C)=O. The summed E-state index contributed by atoms with van der Waals surface area (Å²) in [4.78, 5) is 214. The fourth-order valence-electron chi connectivity index (χ4n) is 13.4. The van der Waals surface area contributed by atoms with E-state index in [0.29, 0.717) is 22.4 Å². The van der Waals surface area contributed by atoms with Gasteiger partial charge in [0, 0.05) is 133 Å². The van der Waals surface area contributed by atoms with Gasteiger partial charge in [0.05, 0.1) is 11.4 Å². The first kappa shape index (κ1) is 93.7. The number of carbonyl (C=O) groups excluding carboxylic acids is 16. The molecule has 0 bridgehead atoms. The zero-order valence-electron chi connectivity index (χ0n) is 68.3. The number of para-hydroxylation sites is 2. The Hall–Kier alpha value is -12.1. The van der Waals surface area contributed by atoms with Crippen LogP contribution in [0.3, 0.4) is 0 Å². The van der Waals surface area contributed by atoms with Crippen molar-refractivity contribution in [2.75, 3.05) is 26.4 Å². The Balaban J connectivity index is 0.000000277. The Labute approximate surface area is 701 Å². The highest BCUT2D eigenvalue weighted by Gasteiger charge is 2.59. The summed E-state index contributed by atoms with van der Waals surface area (Å²) in [5, 5.41) is 10.7. The van der Waals surface area contributed by atoms with Gasteiger partial charge in [-0.15, -0.1) is 10.2 Å². The molecule has 0 saturated carbocycles. The molecule has 0 unspecified atom stereocenters. The van der Waals surface area contributed by atoms with Crippen molar-refractivity contribution >= 4 is 141 Å². The van der Waals surface area contributed by atoms with Gasteiger partial charge in [-0.2, -0.15) is 9.97 Å². The maximum absolute atomic E-state index is 12.8. The molecule has 0 aliphatic carbocycles. The molecule has 4 aliphatic rings. The molecular formula is C76H88N8O36S2. The highest BCUT2D eigenvalue weighted by Crippen LogP contribution is 2.45. The normalized spacial score (nSPS) is 26.0. The lowest BCUT2D eigenvalue weighted by molar-refractivity contribution is -0.271. The maximum atomic E-state index is 12.8. The molecular weight excluding hydrogens is 1660 g/mol. The molecule has 4 fully saturated rings. The van der Waals surface area contributed by atoms with Crippen LogP contribution >= 0.6 is 23.5 Å². The molecule has 6 aromatic rings. The molecule has 2 N–H and O–H groups in total. The first-order valence-corrected chi connectivity index (χ1v) is 39.0. The number of carbonyl (C=O) groups is 16. The smallest absolute Gasteiger partial charge is 0.303 e. The zero-order valence-corrected chi connectivity index (χ0v) is 70.0. The Morgan fingerprint density at radius 2 is 0.607 bits per heavy atom. The predicted molar refractivity (Wildman–Crippen MR) is 405 cm³/mol. The molecule has 4 aliphatic heterocycles. The third kappa shape index (κ3) is 25.0. The molecule has 20 atom stereocenters. The van der Waals surface area contributed by atoms with Crippen LogP contribution in [0.1, 0.15) is 123 Å². The minimum absolute atomic E-state index is 0.0113. The average Bonchev–Trinajstić information content (AvgIpc) is 1.52. The van der Waals surface area contributed by atoms with Gasteiger partial charge < -0.3 is 105 Å². The van der Waals surface area contributed by atoms with E-state index in [4.69, 9.17) is 115 Å². The zero-order chi connectivity index (χ0) is 89.4. The monoisotopic (exact) mass is 1750 g/mol. The van der Waals surface area contributed by atoms with Crippen LogP contribution in [-0.2, 0) is 171 Å². The van der Waals surface area contributed by atoms with Crippen molar-refractivity contribution in [2.24, 2.45) is 0 Å². The van der Waals surface area contributed by atoms with Gasteiger partial charge >= 0.3 is 95.5 Å². The first-order valence-electron chi connectivity index (χ1n) is 37.3. The van der Waals surface area contributed by atoms with Crippen molar-refractivity contribution in [1.29, 1.82) is 0 Å². The minimum Gasteiger partial charge on any atom is -0.463 e. The number of fused-ring (bicyclic) bond motifs is 2. The molecule has 4 saturated heterocycles. The third-order valence-electron chi connectivity index (χ3n) is 17.5. The Kier molecular flexibility index (Phi) is 32.2. The van der Waals surface area contributed by atoms with Crippen LogP contribution in [0.4, 0.5) is 0 Å². The van der Waals surface area contributed by atoms with Crippen molar-refractivity contribution in [3.63, 3.8) is 0 Å². The molecule has 0 spiro atoms. The largest absolute Gasteiger partial charge is 0.463 e. The highest BCUT2D eigenvalue weighted by molar-refractivity contribution is 7.99. The van der Waals surface area contributed by atoms with E-state index >= 15 is 0 Å². The number of benzene rings is 2. The second kappa shape index (κ2) is 41.9. The molecule has 46 heteroatoms. The quantitative estimate of drug-likeness (QED) is 0.0522. The number of ether oxygens (including phenoxy) is 20.